The monoisotopic (exact) mass is 317 g/mol. The number of nitrogens with zero attached hydrogens (tertiary/aromatic N) is 1. The van der Waals surface area contributed by atoms with Gasteiger partial charge in [0, 0.05) is 16.7 Å². The van der Waals surface area contributed by atoms with Crippen LogP contribution in [0.2, 0.25) is 0 Å². The van der Waals surface area contributed by atoms with Gasteiger partial charge in [0.25, 0.3) is 0 Å². The normalized spacial score (nSPS) is 13.2. The van der Waals surface area contributed by atoms with Crippen LogP contribution in [0.25, 0.3) is 0 Å². The summed E-state index contributed by atoms with van der Waals surface area (Å²) in [4.78, 5) is 4.12. The van der Waals surface area contributed by atoms with Crippen LogP contribution < -0.4 is 0 Å². The maximum Gasteiger partial charge on any atom is 0.417 e. The molecule has 2 aromatic rings. The lowest BCUT2D eigenvalue weighted by Gasteiger charge is -2.12. The molecule has 0 spiro atoms. The molecule has 0 aliphatic heterocycles. The Morgan fingerprint density at radius 2 is 1.90 bits per heavy atom. The summed E-state index contributed by atoms with van der Waals surface area (Å²) in [6, 6.07) is 6.38. The summed E-state index contributed by atoms with van der Waals surface area (Å²) < 4.78 is 51.0. The number of hydrogen-bond donors (Lipinski definition) is 1. The lowest BCUT2D eigenvalue weighted by molar-refractivity contribution is -0.137. The third-order valence-corrected chi connectivity index (χ3v) is 3.74. The molecule has 1 heterocycles. The van der Waals surface area contributed by atoms with Crippen molar-refractivity contribution in [2.75, 3.05) is 0 Å². The molecule has 0 saturated heterocycles. The van der Waals surface area contributed by atoms with E-state index in [2.05, 4.69) is 4.98 Å². The molecule has 1 aromatic carbocycles. The highest BCUT2D eigenvalue weighted by Gasteiger charge is 2.30. The summed E-state index contributed by atoms with van der Waals surface area (Å²) in [5.41, 5.74) is -0.744. The Bertz CT molecular complexity index is 626. The highest BCUT2D eigenvalue weighted by Crippen LogP contribution is 2.35. The van der Waals surface area contributed by atoms with Crippen LogP contribution in [-0.2, 0) is 6.18 Å². The van der Waals surface area contributed by atoms with Crippen LogP contribution in [0.1, 0.15) is 24.2 Å². The molecule has 0 unspecified atom stereocenters. The van der Waals surface area contributed by atoms with E-state index in [4.69, 9.17) is 0 Å². The van der Waals surface area contributed by atoms with Crippen molar-refractivity contribution in [2.45, 2.75) is 29.1 Å². The fraction of sp³-hybridized carbons (Fsp3) is 0.214. The summed E-state index contributed by atoms with van der Waals surface area (Å²) in [6.07, 6.45) is -4.74. The summed E-state index contributed by atoms with van der Waals surface area (Å²) >= 11 is 0.998. The first-order valence-electron chi connectivity index (χ1n) is 5.96. The fourth-order valence-electron chi connectivity index (χ4n) is 1.73. The van der Waals surface area contributed by atoms with Gasteiger partial charge in [-0.3, -0.25) is 0 Å². The molecule has 7 heteroatoms. The second kappa shape index (κ2) is 6.03. The molecule has 1 atom stereocenters. The molecule has 0 amide bonds. The predicted octanol–water partition coefficient (Wildman–Crippen LogP) is 4.44. The lowest BCUT2D eigenvalue weighted by Crippen LogP contribution is -2.05. The number of pyridine rings is 1. The van der Waals surface area contributed by atoms with E-state index in [1.54, 1.807) is 6.07 Å². The van der Waals surface area contributed by atoms with Crippen molar-refractivity contribution in [3.05, 3.63) is 53.5 Å². The molecular formula is C14H11F4NOS. The van der Waals surface area contributed by atoms with Crippen LogP contribution in [-0.4, -0.2) is 10.1 Å². The van der Waals surface area contributed by atoms with Gasteiger partial charge in [-0.15, -0.1) is 0 Å². The minimum atomic E-state index is -4.44. The molecule has 2 nitrogen and oxygen atoms in total. The first-order chi connectivity index (χ1) is 9.79. The fourth-order valence-corrected chi connectivity index (χ4v) is 2.72. The second-order valence-electron chi connectivity index (χ2n) is 4.31. The van der Waals surface area contributed by atoms with Crippen molar-refractivity contribution in [3.8, 4) is 0 Å². The summed E-state index contributed by atoms with van der Waals surface area (Å²) in [7, 11) is 0. The number of aromatic nitrogens is 1. The number of halogens is 4. The Hall–Kier alpha value is -1.60. The van der Waals surface area contributed by atoms with Crippen molar-refractivity contribution in [1.82, 2.24) is 4.98 Å². The molecule has 112 valence electrons. The first kappa shape index (κ1) is 15.8. The van der Waals surface area contributed by atoms with E-state index in [9.17, 15) is 22.7 Å². The van der Waals surface area contributed by atoms with Crippen LogP contribution in [0.4, 0.5) is 17.6 Å². The maximum atomic E-state index is 13.7. The van der Waals surface area contributed by atoms with Crippen molar-refractivity contribution in [3.63, 3.8) is 0 Å². The van der Waals surface area contributed by atoms with Crippen molar-refractivity contribution in [1.29, 1.82) is 0 Å². The van der Waals surface area contributed by atoms with E-state index in [0.717, 1.165) is 24.0 Å². The standard InChI is InChI=1S/C14H11F4NOS/c1-8(20)13-10(15)3-2-4-11(13)21-12-6-5-9(7-19-12)14(16,17)18/h2-8,20H,1H3/t8-/m1/s1. The SMILES string of the molecule is C[C@@H](O)c1c(F)cccc1Sc1ccc(C(F)(F)F)cn1. The van der Waals surface area contributed by atoms with Gasteiger partial charge in [0.1, 0.15) is 10.8 Å². The van der Waals surface area contributed by atoms with Gasteiger partial charge in [0.05, 0.1) is 11.7 Å². The number of aliphatic hydroxyl groups is 1. The van der Waals surface area contributed by atoms with E-state index in [1.165, 1.54) is 25.1 Å². The minimum Gasteiger partial charge on any atom is -0.389 e. The highest BCUT2D eigenvalue weighted by molar-refractivity contribution is 7.99. The predicted molar refractivity (Wildman–Crippen MR) is 70.4 cm³/mol. The number of hydrogen-bond acceptors (Lipinski definition) is 3. The topological polar surface area (TPSA) is 33.1 Å². The Kier molecular flexibility index (Phi) is 4.53. The molecule has 0 bridgehead atoms. The molecule has 0 saturated carbocycles. The van der Waals surface area contributed by atoms with Gasteiger partial charge in [-0.1, -0.05) is 17.8 Å². The molecule has 0 aliphatic rings. The molecule has 0 fully saturated rings. The van der Waals surface area contributed by atoms with E-state index < -0.39 is 23.7 Å². The van der Waals surface area contributed by atoms with Crippen LogP contribution in [0.5, 0.6) is 0 Å². The Balaban J connectivity index is 2.29. The van der Waals surface area contributed by atoms with Gasteiger partial charge in [-0.25, -0.2) is 9.37 Å². The van der Waals surface area contributed by atoms with Crippen molar-refractivity contribution >= 4 is 11.8 Å². The number of benzene rings is 1. The minimum absolute atomic E-state index is 0.101. The Morgan fingerprint density at radius 1 is 1.19 bits per heavy atom. The van der Waals surface area contributed by atoms with Gasteiger partial charge >= 0.3 is 6.18 Å². The van der Waals surface area contributed by atoms with Crippen molar-refractivity contribution < 1.29 is 22.7 Å². The maximum absolute atomic E-state index is 13.7. The number of alkyl halides is 3. The lowest BCUT2D eigenvalue weighted by atomic mass is 10.1. The molecule has 21 heavy (non-hydrogen) atoms. The Labute approximate surface area is 122 Å². The van der Waals surface area contributed by atoms with Crippen LogP contribution in [0.3, 0.4) is 0 Å². The van der Waals surface area contributed by atoms with Gasteiger partial charge in [-0.05, 0) is 31.2 Å². The first-order valence-corrected chi connectivity index (χ1v) is 6.78. The molecule has 1 N–H and O–H groups in total. The highest BCUT2D eigenvalue weighted by atomic mass is 32.2. The van der Waals surface area contributed by atoms with Crippen LogP contribution >= 0.6 is 11.8 Å². The zero-order valence-corrected chi connectivity index (χ0v) is 11.7. The molecule has 0 radical (unpaired) electrons. The zero-order chi connectivity index (χ0) is 15.6. The van der Waals surface area contributed by atoms with Gasteiger partial charge in [0.15, 0.2) is 0 Å². The third kappa shape index (κ3) is 3.74. The smallest absolute Gasteiger partial charge is 0.389 e. The molecule has 2 rings (SSSR count). The summed E-state index contributed by atoms with van der Waals surface area (Å²) in [5, 5.41) is 9.88. The largest absolute Gasteiger partial charge is 0.417 e. The van der Waals surface area contributed by atoms with E-state index in [-0.39, 0.29) is 10.6 Å². The van der Waals surface area contributed by atoms with Crippen LogP contribution in [0, 0.1) is 5.82 Å². The Morgan fingerprint density at radius 3 is 2.43 bits per heavy atom. The van der Waals surface area contributed by atoms with Gasteiger partial charge < -0.3 is 5.11 Å². The van der Waals surface area contributed by atoms with Gasteiger partial charge in [0.2, 0.25) is 0 Å². The summed E-state index contributed by atoms with van der Waals surface area (Å²) in [6.45, 7) is 1.42. The quantitative estimate of drug-likeness (QED) is 0.849. The van der Waals surface area contributed by atoms with Gasteiger partial charge in [-0.2, -0.15) is 13.2 Å². The second-order valence-corrected chi connectivity index (χ2v) is 5.37. The average Bonchev–Trinajstić information content (AvgIpc) is 2.38. The van der Waals surface area contributed by atoms with E-state index in [0.29, 0.717) is 4.90 Å². The number of aliphatic hydroxyl groups excluding tert-OH is 1. The summed E-state index contributed by atoms with van der Waals surface area (Å²) in [5.74, 6) is -0.568. The van der Waals surface area contributed by atoms with Crippen LogP contribution in [0.15, 0.2) is 46.5 Å². The van der Waals surface area contributed by atoms with E-state index >= 15 is 0 Å². The average molecular weight is 317 g/mol. The number of rotatable bonds is 3. The third-order valence-electron chi connectivity index (χ3n) is 2.71. The molecule has 0 aliphatic carbocycles. The van der Waals surface area contributed by atoms with Crippen molar-refractivity contribution in [2.24, 2.45) is 0 Å². The molecular weight excluding hydrogens is 306 g/mol. The zero-order valence-electron chi connectivity index (χ0n) is 10.9. The molecule has 1 aromatic heterocycles. The van der Waals surface area contributed by atoms with E-state index in [1.807, 2.05) is 0 Å².